The molecule has 0 N–H and O–H groups in total. The number of hydrogen-bond acceptors (Lipinski definition) is 2. The van der Waals surface area contributed by atoms with Gasteiger partial charge >= 0.3 is 0 Å². The summed E-state index contributed by atoms with van der Waals surface area (Å²) in [6.07, 6.45) is 1.26. The fourth-order valence-corrected chi connectivity index (χ4v) is 3.16. The summed E-state index contributed by atoms with van der Waals surface area (Å²) >= 11 is 5.58. The van der Waals surface area contributed by atoms with Crippen LogP contribution in [0.2, 0.25) is 0 Å². The SMILES string of the molecule is Cc1nn(C2CCSC2)c(C)c1Br. The smallest absolute Gasteiger partial charge is 0.0738 e. The number of aryl methyl sites for hydroxylation is 1. The quantitative estimate of drug-likeness (QED) is 0.773. The molecule has 1 aliphatic rings. The van der Waals surface area contributed by atoms with Crippen molar-refractivity contribution in [3.05, 3.63) is 15.9 Å². The van der Waals surface area contributed by atoms with Crippen LogP contribution in [-0.4, -0.2) is 21.3 Å². The molecule has 4 heteroatoms. The van der Waals surface area contributed by atoms with Crippen LogP contribution in [0.5, 0.6) is 0 Å². The summed E-state index contributed by atoms with van der Waals surface area (Å²) in [6, 6.07) is 0.620. The molecule has 1 unspecified atom stereocenters. The van der Waals surface area contributed by atoms with Crippen LogP contribution in [0.4, 0.5) is 0 Å². The topological polar surface area (TPSA) is 17.8 Å². The van der Waals surface area contributed by atoms with E-state index in [0.29, 0.717) is 6.04 Å². The third-order valence-corrected chi connectivity index (χ3v) is 4.78. The minimum atomic E-state index is 0.620. The van der Waals surface area contributed by atoms with Crippen molar-refractivity contribution in [3.8, 4) is 0 Å². The van der Waals surface area contributed by atoms with E-state index in [1.807, 2.05) is 11.8 Å². The monoisotopic (exact) mass is 260 g/mol. The summed E-state index contributed by atoms with van der Waals surface area (Å²) in [6.45, 7) is 4.18. The summed E-state index contributed by atoms with van der Waals surface area (Å²) in [5.74, 6) is 2.50. The molecule has 0 saturated carbocycles. The van der Waals surface area contributed by atoms with Gasteiger partial charge in [-0.25, -0.2) is 0 Å². The molecule has 2 nitrogen and oxygen atoms in total. The highest BCUT2D eigenvalue weighted by molar-refractivity contribution is 9.10. The fourth-order valence-electron chi connectivity index (χ4n) is 1.71. The van der Waals surface area contributed by atoms with Crippen LogP contribution in [-0.2, 0) is 0 Å². The fraction of sp³-hybridized carbons (Fsp3) is 0.667. The highest BCUT2D eigenvalue weighted by atomic mass is 79.9. The first-order chi connectivity index (χ1) is 6.20. The minimum absolute atomic E-state index is 0.620. The molecular weight excluding hydrogens is 248 g/mol. The predicted octanol–water partition coefficient (Wildman–Crippen LogP) is 2.94. The van der Waals surface area contributed by atoms with Gasteiger partial charge in [0.1, 0.15) is 0 Å². The molecule has 72 valence electrons. The first kappa shape index (κ1) is 9.59. The first-order valence-electron chi connectivity index (χ1n) is 4.49. The molecule has 1 aromatic heterocycles. The molecule has 1 aliphatic heterocycles. The zero-order chi connectivity index (χ0) is 9.42. The molecule has 0 aliphatic carbocycles. The van der Waals surface area contributed by atoms with Crippen molar-refractivity contribution in [2.24, 2.45) is 0 Å². The number of halogens is 1. The minimum Gasteiger partial charge on any atom is -0.265 e. The Labute approximate surface area is 91.2 Å². The Morgan fingerprint density at radius 1 is 1.54 bits per heavy atom. The maximum atomic E-state index is 4.55. The van der Waals surface area contributed by atoms with Crippen molar-refractivity contribution < 1.29 is 0 Å². The van der Waals surface area contributed by atoms with Gasteiger partial charge in [0.15, 0.2) is 0 Å². The molecule has 0 bridgehead atoms. The van der Waals surface area contributed by atoms with Gasteiger partial charge in [-0.15, -0.1) is 0 Å². The van der Waals surface area contributed by atoms with Gasteiger partial charge in [0.05, 0.1) is 21.9 Å². The molecule has 2 heterocycles. The molecule has 2 rings (SSSR count). The molecule has 1 saturated heterocycles. The number of aromatic nitrogens is 2. The van der Waals surface area contributed by atoms with Crippen LogP contribution in [0.3, 0.4) is 0 Å². The molecule has 1 aromatic rings. The molecule has 1 atom stereocenters. The van der Waals surface area contributed by atoms with E-state index in [2.05, 4.69) is 39.6 Å². The molecule has 0 radical (unpaired) electrons. The number of nitrogens with zero attached hydrogens (tertiary/aromatic N) is 2. The van der Waals surface area contributed by atoms with Crippen molar-refractivity contribution in [1.82, 2.24) is 9.78 Å². The Hall–Kier alpha value is 0.0400. The van der Waals surface area contributed by atoms with Gasteiger partial charge in [-0.3, -0.25) is 4.68 Å². The third kappa shape index (κ3) is 1.66. The molecule has 13 heavy (non-hydrogen) atoms. The molecule has 0 spiro atoms. The number of thioether (sulfide) groups is 1. The van der Waals surface area contributed by atoms with Gasteiger partial charge < -0.3 is 0 Å². The average molecular weight is 261 g/mol. The van der Waals surface area contributed by atoms with Crippen LogP contribution in [0.15, 0.2) is 4.47 Å². The van der Waals surface area contributed by atoms with E-state index in [4.69, 9.17) is 0 Å². The van der Waals surface area contributed by atoms with Gasteiger partial charge in [0, 0.05) is 5.75 Å². The van der Waals surface area contributed by atoms with Crippen LogP contribution in [0, 0.1) is 13.8 Å². The number of hydrogen-bond donors (Lipinski definition) is 0. The summed E-state index contributed by atoms with van der Waals surface area (Å²) in [7, 11) is 0. The van der Waals surface area contributed by atoms with Crippen LogP contribution in [0.25, 0.3) is 0 Å². The van der Waals surface area contributed by atoms with Gasteiger partial charge in [-0.05, 0) is 42.0 Å². The lowest BCUT2D eigenvalue weighted by atomic mass is 10.2. The average Bonchev–Trinajstić information content (AvgIpc) is 2.70. The van der Waals surface area contributed by atoms with Crippen LogP contribution < -0.4 is 0 Å². The Balaban J connectivity index is 2.34. The van der Waals surface area contributed by atoms with E-state index < -0.39 is 0 Å². The van der Waals surface area contributed by atoms with Gasteiger partial charge in [0.25, 0.3) is 0 Å². The van der Waals surface area contributed by atoms with Crippen LogP contribution >= 0.6 is 27.7 Å². The maximum absolute atomic E-state index is 4.55. The van der Waals surface area contributed by atoms with Crippen molar-refractivity contribution in [3.63, 3.8) is 0 Å². The van der Waals surface area contributed by atoms with Gasteiger partial charge in [0.2, 0.25) is 0 Å². The maximum Gasteiger partial charge on any atom is 0.0738 e. The first-order valence-corrected chi connectivity index (χ1v) is 6.44. The van der Waals surface area contributed by atoms with E-state index in [9.17, 15) is 0 Å². The predicted molar refractivity (Wildman–Crippen MR) is 60.4 cm³/mol. The lowest BCUT2D eigenvalue weighted by Gasteiger charge is -2.10. The molecule has 0 aromatic carbocycles. The van der Waals surface area contributed by atoms with Crippen molar-refractivity contribution in [2.75, 3.05) is 11.5 Å². The standard InChI is InChI=1S/C9H13BrN2S/c1-6-9(10)7(2)12(11-6)8-3-4-13-5-8/h8H,3-5H2,1-2H3. The Morgan fingerprint density at radius 2 is 2.31 bits per heavy atom. The van der Waals surface area contributed by atoms with Gasteiger partial charge in [-0.2, -0.15) is 16.9 Å². The Kier molecular flexibility index (Phi) is 2.70. The number of rotatable bonds is 1. The molecule has 1 fully saturated rings. The van der Waals surface area contributed by atoms with E-state index in [-0.39, 0.29) is 0 Å². The molecular formula is C9H13BrN2S. The van der Waals surface area contributed by atoms with Crippen molar-refractivity contribution in [2.45, 2.75) is 26.3 Å². The summed E-state index contributed by atoms with van der Waals surface area (Å²) in [5, 5.41) is 4.55. The van der Waals surface area contributed by atoms with E-state index in [1.165, 1.54) is 28.1 Å². The Morgan fingerprint density at radius 3 is 2.77 bits per heavy atom. The Bertz CT molecular complexity index is 316. The van der Waals surface area contributed by atoms with Crippen LogP contribution in [0.1, 0.15) is 23.9 Å². The highest BCUT2D eigenvalue weighted by Gasteiger charge is 2.21. The second kappa shape index (κ2) is 3.65. The highest BCUT2D eigenvalue weighted by Crippen LogP contribution is 2.31. The van der Waals surface area contributed by atoms with E-state index in [1.54, 1.807) is 0 Å². The normalized spacial score (nSPS) is 22.5. The lowest BCUT2D eigenvalue weighted by Crippen LogP contribution is -2.11. The third-order valence-electron chi connectivity index (χ3n) is 2.49. The summed E-state index contributed by atoms with van der Waals surface area (Å²) in [4.78, 5) is 0. The second-order valence-corrected chi connectivity index (χ2v) is 5.39. The lowest BCUT2D eigenvalue weighted by molar-refractivity contribution is 0.487. The summed E-state index contributed by atoms with van der Waals surface area (Å²) in [5.41, 5.74) is 2.37. The van der Waals surface area contributed by atoms with Crippen molar-refractivity contribution in [1.29, 1.82) is 0 Å². The molecule has 0 amide bonds. The zero-order valence-electron chi connectivity index (χ0n) is 7.88. The second-order valence-electron chi connectivity index (χ2n) is 3.45. The van der Waals surface area contributed by atoms with Gasteiger partial charge in [-0.1, -0.05) is 0 Å². The van der Waals surface area contributed by atoms with Crippen molar-refractivity contribution >= 4 is 27.7 Å². The van der Waals surface area contributed by atoms with E-state index in [0.717, 1.165) is 5.69 Å². The largest absolute Gasteiger partial charge is 0.265 e. The zero-order valence-corrected chi connectivity index (χ0v) is 10.3. The van der Waals surface area contributed by atoms with E-state index >= 15 is 0 Å². The summed E-state index contributed by atoms with van der Waals surface area (Å²) < 4.78 is 3.35.